The van der Waals surface area contributed by atoms with Crippen molar-refractivity contribution in [2.45, 2.75) is 39.8 Å². The van der Waals surface area contributed by atoms with Crippen LogP contribution in [0.15, 0.2) is 0 Å². The molecule has 1 atom stereocenters. The van der Waals surface area contributed by atoms with Crippen molar-refractivity contribution < 1.29 is 13.2 Å². The summed E-state index contributed by atoms with van der Waals surface area (Å²) < 4.78 is 35.3. The molecular weight excluding hydrogens is 153 g/mol. The molecule has 0 spiro atoms. The number of hydrogen-bond donors (Lipinski definition) is 0. The lowest BCUT2D eigenvalue weighted by Crippen LogP contribution is -2.14. The number of rotatable bonds is 3. The minimum atomic E-state index is -3.99. The smallest absolute Gasteiger partial charge is 0.171 e. The molecule has 0 N–H and O–H groups in total. The number of halogens is 3. The molecule has 0 fully saturated rings. The summed E-state index contributed by atoms with van der Waals surface area (Å²) in [6.07, 6.45) is -3.99. The molecule has 0 nitrogen and oxygen atoms in total. The summed E-state index contributed by atoms with van der Waals surface area (Å²) in [6, 6.07) is 0. The van der Waals surface area contributed by atoms with Crippen LogP contribution in [0.2, 0.25) is 0 Å². The molecule has 0 aromatic carbocycles. The molecule has 0 aliphatic heterocycles. The minimum absolute atomic E-state index is 0.241. The summed E-state index contributed by atoms with van der Waals surface area (Å²) >= 11 is 0. The van der Waals surface area contributed by atoms with Crippen LogP contribution in [0, 0.1) is 11.8 Å². The minimum Gasteiger partial charge on any atom is -0.171 e. The lowest BCUT2D eigenvalue weighted by atomic mass is 9.96. The van der Waals surface area contributed by atoms with Gasteiger partial charge in [-0.2, -0.15) is 13.2 Å². The Morgan fingerprint density at radius 3 is 1.82 bits per heavy atom. The van der Waals surface area contributed by atoms with Gasteiger partial charge in [-0.1, -0.05) is 20.8 Å². The van der Waals surface area contributed by atoms with Crippen LogP contribution in [0.4, 0.5) is 13.2 Å². The van der Waals surface area contributed by atoms with Gasteiger partial charge in [0, 0.05) is 6.42 Å². The first kappa shape index (κ1) is 10.8. The first-order valence-corrected chi connectivity index (χ1v) is 3.88. The Balaban J connectivity index is 3.61. The van der Waals surface area contributed by atoms with E-state index in [-0.39, 0.29) is 5.92 Å². The van der Waals surface area contributed by atoms with Gasteiger partial charge >= 0.3 is 6.18 Å². The van der Waals surface area contributed by atoms with Crippen LogP contribution >= 0.6 is 0 Å². The summed E-state index contributed by atoms with van der Waals surface area (Å²) in [6.45, 7) is 5.52. The standard InChI is InChI=1S/C8H15F3/c1-6(2)4-7(3)5-8(9,10)11/h6-7H,4-5H2,1-3H3/t7-/m0/s1. The maximum absolute atomic E-state index is 11.8. The normalized spacial score (nSPS) is 15.5. The summed E-state index contributed by atoms with van der Waals surface area (Å²) in [4.78, 5) is 0. The molecular formula is C8H15F3. The van der Waals surface area contributed by atoms with Gasteiger partial charge in [-0.05, 0) is 18.3 Å². The highest BCUT2D eigenvalue weighted by Gasteiger charge is 2.29. The van der Waals surface area contributed by atoms with Crippen LogP contribution in [0.5, 0.6) is 0 Å². The predicted molar refractivity (Wildman–Crippen MR) is 39.3 cm³/mol. The predicted octanol–water partition coefficient (Wildman–Crippen LogP) is 3.62. The van der Waals surface area contributed by atoms with Crippen molar-refractivity contribution in [1.82, 2.24) is 0 Å². The zero-order valence-electron chi connectivity index (χ0n) is 7.20. The van der Waals surface area contributed by atoms with E-state index in [9.17, 15) is 13.2 Å². The summed E-state index contributed by atoms with van der Waals surface area (Å²) in [7, 11) is 0. The third kappa shape index (κ3) is 7.69. The highest BCUT2D eigenvalue weighted by molar-refractivity contribution is 4.61. The van der Waals surface area contributed by atoms with Crippen molar-refractivity contribution in [2.24, 2.45) is 11.8 Å². The second-order valence-electron chi connectivity index (χ2n) is 3.55. The Morgan fingerprint density at radius 1 is 1.09 bits per heavy atom. The number of alkyl halides is 3. The fourth-order valence-corrected chi connectivity index (χ4v) is 1.28. The fourth-order valence-electron chi connectivity index (χ4n) is 1.28. The Bertz CT molecular complexity index is 104. The zero-order valence-corrected chi connectivity index (χ0v) is 7.20. The third-order valence-corrected chi connectivity index (χ3v) is 1.45. The van der Waals surface area contributed by atoms with Gasteiger partial charge in [0.05, 0.1) is 0 Å². The highest BCUT2D eigenvalue weighted by atomic mass is 19.4. The Kier molecular flexibility index (Phi) is 3.90. The summed E-state index contributed by atoms with van der Waals surface area (Å²) in [5, 5.41) is 0. The topological polar surface area (TPSA) is 0 Å². The monoisotopic (exact) mass is 168 g/mol. The fraction of sp³-hybridized carbons (Fsp3) is 1.00. The van der Waals surface area contributed by atoms with Gasteiger partial charge in [0.25, 0.3) is 0 Å². The maximum Gasteiger partial charge on any atom is 0.389 e. The van der Waals surface area contributed by atoms with E-state index < -0.39 is 12.6 Å². The number of hydrogen-bond acceptors (Lipinski definition) is 0. The van der Waals surface area contributed by atoms with Crippen LogP contribution in [-0.4, -0.2) is 6.18 Å². The molecule has 0 aliphatic carbocycles. The molecule has 0 bridgehead atoms. The second kappa shape index (κ2) is 3.98. The van der Waals surface area contributed by atoms with E-state index >= 15 is 0 Å². The molecule has 0 aliphatic rings. The van der Waals surface area contributed by atoms with Gasteiger partial charge < -0.3 is 0 Å². The van der Waals surface area contributed by atoms with Crippen molar-refractivity contribution in [3.05, 3.63) is 0 Å². The average Bonchev–Trinajstić information content (AvgIpc) is 1.53. The molecule has 0 aromatic rings. The van der Waals surface area contributed by atoms with Crippen LogP contribution in [0.25, 0.3) is 0 Å². The summed E-state index contributed by atoms with van der Waals surface area (Å²) in [5.41, 5.74) is 0. The first-order valence-electron chi connectivity index (χ1n) is 3.88. The zero-order chi connectivity index (χ0) is 9.07. The van der Waals surface area contributed by atoms with Gasteiger partial charge in [-0.3, -0.25) is 0 Å². The van der Waals surface area contributed by atoms with Crippen LogP contribution in [0.1, 0.15) is 33.6 Å². The molecule has 0 rings (SSSR count). The molecule has 0 aromatic heterocycles. The van der Waals surface area contributed by atoms with E-state index in [1.165, 1.54) is 0 Å². The largest absolute Gasteiger partial charge is 0.389 e. The first-order chi connectivity index (χ1) is 4.81. The van der Waals surface area contributed by atoms with Crippen LogP contribution in [0.3, 0.4) is 0 Å². The van der Waals surface area contributed by atoms with Crippen LogP contribution < -0.4 is 0 Å². The highest BCUT2D eigenvalue weighted by Crippen LogP contribution is 2.27. The maximum atomic E-state index is 11.8. The van der Waals surface area contributed by atoms with Gasteiger partial charge in [0.2, 0.25) is 0 Å². The molecule has 0 saturated carbocycles. The molecule has 0 unspecified atom stereocenters. The van der Waals surface area contributed by atoms with E-state index in [4.69, 9.17) is 0 Å². The molecule has 0 heterocycles. The summed E-state index contributed by atoms with van der Waals surface area (Å²) in [5.74, 6) is 0.113. The van der Waals surface area contributed by atoms with E-state index in [1.54, 1.807) is 6.92 Å². The molecule has 0 radical (unpaired) electrons. The Morgan fingerprint density at radius 2 is 1.55 bits per heavy atom. The van der Waals surface area contributed by atoms with E-state index in [1.807, 2.05) is 13.8 Å². The molecule has 11 heavy (non-hydrogen) atoms. The van der Waals surface area contributed by atoms with E-state index in [2.05, 4.69) is 0 Å². The second-order valence-corrected chi connectivity index (χ2v) is 3.55. The van der Waals surface area contributed by atoms with Crippen molar-refractivity contribution in [2.75, 3.05) is 0 Å². The molecule has 0 amide bonds. The molecule has 68 valence electrons. The van der Waals surface area contributed by atoms with E-state index in [0.717, 1.165) is 0 Å². The lowest BCUT2D eigenvalue weighted by molar-refractivity contribution is -0.144. The SMILES string of the molecule is CC(C)C[C@H](C)CC(F)(F)F. The van der Waals surface area contributed by atoms with E-state index in [0.29, 0.717) is 12.3 Å². The molecule has 0 saturated heterocycles. The Hall–Kier alpha value is -0.210. The quantitative estimate of drug-likeness (QED) is 0.603. The van der Waals surface area contributed by atoms with Crippen molar-refractivity contribution in [3.63, 3.8) is 0 Å². The van der Waals surface area contributed by atoms with Crippen molar-refractivity contribution in [1.29, 1.82) is 0 Å². The van der Waals surface area contributed by atoms with Crippen LogP contribution in [-0.2, 0) is 0 Å². The average molecular weight is 168 g/mol. The van der Waals surface area contributed by atoms with Crippen molar-refractivity contribution >= 4 is 0 Å². The van der Waals surface area contributed by atoms with Gasteiger partial charge in [-0.15, -0.1) is 0 Å². The van der Waals surface area contributed by atoms with Gasteiger partial charge in [-0.25, -0.2) is 0 Å². The molecule has 3 heteroatoms. The van der Waals surface area contributed by atoms with Crippen molar-refractivity contribution in [3.8, 4) is 0 Å². The Labute approximate surface area is 65.8 Å². The van der Waals surface area contributed by atoms with Gasteiger partial charge in [0.15, 0.2) is 0 Å². The van der Waals surface area contributed by atoms with Gasteiger partial charge in [0.1, 0.15) is 0 Å². The lowest BCUT2D eigenvalue weighted by Gasteiger charge is -2.15. The third-order valence-electron chi connectivity index (χ3n) is 1.45.